The standard InChI is InChI=1S/C8H13ClO4S/c9-14(10,11)4-7-1-2-13-8(3-7)5-12-6-8/h7H,1-6H2. The highest BCUT2D eigenvalue weighted by molar-refractivity contribution is 8.13. The summed E-state index contributed by atoms with van der Waals surface area (Å²) in [6.07, 6.45) is 1.52. The average Bonchev–Trinajstić information content (AvgIpc) is 1.99. The van der Waals surface area contributed by atoms with Crippen molar-refractivity contribution in [3.63, 3.8) is 0 Å². The van der Waals surface area contributed by atoms with Gasteiger partial charge in [0.1, 0.15) is 5.60 Å². The lowest BCUT2D eigenvalue weighted by molar-refractivity contribution is -0.233. The first-order valence-electron chi connectivity index (χ1n) is 4.63. The molecule has 2 fully saturated rings. The molecule has 2 saturated heterocycles. The minimum Gasteiger partial charge on any atom is -0.375 e. The molecule has 0 N–H and O–H groups in total. The van der Waals surface area contributed by atoms with Crippen molar-refractivity contribution in [1.29, 1.82) is 0 Å². The van der Waals surface area contributed by atoms with E-state index < -0.39 is 9.05 Å². The van der Waals surface area contributed by atoms with Crippen LogP contribution in [-0.2, 0) is 18.5 Å². The van der Waals surface area contributed by atoms with Gasteiger partial charge >= 0.3 is 0 Å². The largest absolute Gasteiger partial charge is 0.375 e. The minimum absolute atomic E-state index is 0.0552. The average molecular weight is 241 g/mol. The van der Waals surface area contributed by atoms with E-state index in [1.165, 1.54) is 0 Å². The predicted molar refractivity (Wildman–Crippen MR) is 51.9 cm³/mol. The number of halogens is 1. The monoisotopic (exact) mass is 240 g/mol. The smallest absolute Gasteiger partial charge is 0.232 e. The van der Waals surface area contributed by atoms with E-state index in [2.05, 4.69) is 0 Å². The van der Waals surface area contributed by atoms with Crippen molar-refractivity contribution in [2.75, 3.05) is 25.6 Å². The van der Waals surface area contributed by atoms with E-state index in [1.807, 2.05) is 0 Å². The molecule has 2 rings (SSSR count). The summed E-state index contributed by atoms with van der Waals surface area (Å²) >= 11 is 0. The Hall–Kier alpha value is 0.160. The zero-order valence-electron chi connectivity index (χ0n) is 7.74. The van der Waals surface area contributed by atoms with Crippen LogP contribution in [0.5, 0.6) is 0 Å². The Morgan fingerprint density at radius 1 is 1.43 bits per heavy atom. The molecule has 0 aromatic carbocycles. The maximum absolute atomic E-state index is 10.9. The fraction of sp³-hybridized carbons (Fsp3) is 1.00. The quantitative estimate of drug-likeness (QED) is 0.669. The molecule has 0 aliphatic carbocycles. The molecule has 0 amide bonds. The maximum Gasteiger partial charge on any atom is 0.232 e. The summed E-state index contributed by atoms with van der Waals surface area (Å²) in [5.41, 5.74) is -0.204. The zero-order valence-corrected chi connectivity index (χ0v) is 9.31. The van der Waals surface area contributed by atoms with Crippen molar-refractivity contribution < 1.29 is 17.9 Å². The van der Waals surface area contributed by atoms with Gasteiger partial charge in [-0.2, -0.15) is 0 Å². The van der Waals surface area contributed by atoms with Crippen LogP contribution < -0.4 is 0 Å². The second-order valence-electron chi connectivity index (χ2n) is 4.09. The van der Waals surface area contributed by atoms with Gasteiger partial charge in [-0.15, -0.1) is 0 Å². The molecule has 2 aliphatic rings. The van der Waals surface area contributed by atoms with Crippen molar-refractivity contribution in [3.05, 3.63) is 0 Å². The van der Waals surface area contributed by atoms with Gasteiger partial charge in [0.05, 0.1) is 19.0 Å². The van der Waals surface area contributed by atoms with Gasteiger partial charge < -0.3 is 9.47 Å². The van der Waals surface area contributed by atoms with Crippen LogP contribution in [0.2, 0.25) is 0 Å². The van der Waals surface area contributed by atoms with Crippen LogP contribution in [0.25, 0.3) is 0 Å². The Balaban J connectivity index is 1.94. The lowest BCUT2D eigenvalue weighted by Crippen LogP contribution is -2.55. The van der Waals surface area contributed by atoms with Crippen molar-refractivity contribution in [2.45, 2.75) is 18.4 Å². The highest BCUT2D eigenvalue weighted by Crippen LogP contribution is 2.35. The van der Waals surface area contributed by atoms with Crippen LogP contribution in [0, 0.1) is 5.92 Å². The molecule has 1 atom stereocenters. The zero-order chi connectivity index (χ0) is 10.2. The predicted octanol–water partition coefficient (Wildman–Crippen LogP) is 0.751. The molecule has 0 saturated carbocycles. The third-order valence-corrected chi connectivity index (χ3v) is 4.01. The third kappa shape index (κ3) is 2.39. The van der Waals surface area contributed by atoms with Crippen molar-refractivity contribution >= 4 is 19.7 Å². The summed E-state index contributed by atoms with van der Waals surface area (Å²) in [6, 6.07) is 0. The van der Waals surface area contributed by atoms with Crippen LogP contribution in [0.1, 0.15) is 12.8 Å². The maximum atomic E-state index is 10.9. The normalized spacial score (nSPS) is 31.4. The Labute approximate surface area is 87.9 Å². The lowest BCUT2D eigenvalue weighted by atomic mass is 9.85. The molecule has 1 spiro atoms. The van der Waals surface area contributed by atoms with Crippen LogP contribution >= 0.6 is 10.7 Å². The van der Waals surface area contributed by atoms with Gasteiger partial charge in [-0.1, -0.05) is 0 Å². The van der Waals surface area contributed by atoms with E-state index in [-0.39, 0.29) is 17.3 Å². The van der Waals surface area contributed by atoms with Gasteiger partial charge in [-0.25, -0.2) is 8.42 Å². The Morgan fingerprint density at radius 3 is 2.64 bits per heavy atom. The van der Waals surface area contributed by atoms with E-state index in [1.54, 1.807) is 0 Å². The molecule has 4 nitrogen and oxygen atoms in total. The fourth-order valence-corrected chi connectivity index (χ4v) is 3.47. The molecule has 1 unspecified atom stereocenters. The second kappa shape index (κ2) is 3.63. The molecule has 0 radical (unpaired) electrons. The van der Waals surface area contributed by atoms with Crippen LogP contribution in [-0.4, -0.2) is 39.6 Å². The van der Waals surface area contributed by atoms with Gasteiger partial charge in [0, 0.05) is 17.3 Å². The summed E-state index contributed by atoms with van der Waals surface area (Å²) in [6.45, 7) is 1.79. The van der Waals surface area contributed by atoms with Gasteiger partial charge in [0.2, 0.25) is 9.05 Å². The second-order valence-corrected chi connectivity index (χ2v) is 6.91. The lowest BCUT2D eigenvalue weighted by Gasteiger charge is -2.46. The summed E-state index contributed by atoms with van der Waals surface area (Å²) < 4.78 is 32.5. The van der Waals surface area contributed by atoms with E-state index in [0.717, 1.165) is 12.8 Å². The number of hydrogen-bond donors (Lipinski definition) is 0. The van der Waals surface area contributed by atoms with Crippen LogP contribution in [0.4, 0.5) is 0 Å². The van der Waals surface area contributed by atoms with Gasteiger partial charge in [-0.3, -0.25) is 0 Å². The summed E-state index contributed by atoms with van der Waals surface area (Å²) in [5, 5.41) is 0. The van der Waals surface area contributed by atoms with E-state index >= 15 is 0 Å². The fourth-order valence-electron chi connectivity index (χ4n) is 2.08. The van der Waals surface area contributed by atoms with Gasteiger partial charge in [-0.05, 0) is 18.8 Å². The third-order valence-electron chi connectivity index (χ3n) is 2.76. The van der Waals surface area contributed by atoms with Crippen LogP contribution in [0.15, 0.2) is 0 Å². The molecule has 82 valence electrons. The first-order valence-corrected chi connectivity index (χ1v) is 7.11. The molecule has 0 aromatic heterocycles. The highest BCUT2D eigenvalue weighted by Gasteiger charge is 2.44. The Kier molecular flexibility index (Phi) is 2.76. The first kappa shape index (κ1) is 10.7. The van der Waals surface area contributed by atoms with E-state index in [9.17, 15) is 8.42 Å². The van der Waals surface area contributed by atoms with Crippen molar-refractivity contribution in [2.24, 2.45) is 5.92 Å². The molecular formula is C8H13ClO4S. The summed E-state index contributed by atoms with van der Waals surface area (Å²) in [7, 11) is 1.84. The first-order chi connectivity index (χ1) is 6.49. The SMILES string of the molecule is O=S(=O)(Cl)CC1CCOC2(COC2)C1. The topological polar surface area (TPSA) is 52.6 Å². The van der Waals surface area contributed by atoms with Gasteiger partial charge in [0.25, 0.3) is 0 Å². The Morgan fingerprint density at radius 2 is 2.14 bits per heavy atom. The van der Waals surface area contributed by atoms with Crippen molar-refractivity contribution in [3.8, 4) is 0 Å². The Bertz CT molecular complexity index is 309. The van der Waals surface area contributed by atoms with Gasteiger partial charge in [0.15, 0.2) is 0 Å². The molecule has 2 aliphatic heterocycles. The van der Waals surface area contributed by atoms with E-state index in [4.69, 9.17) is 20.2 Å². The molecule has 0 aromatic rings. The number of rotatable bonds is 2. The molecular weight excluding hydrogens is 228 g/mol. The van der Waals surface area contributed by atoms with Crippen LogP contribution in [0.3, 0.4) is 0 Å². The van der Waals surface area contributed by atoms with Crippen molar-refractivity contribution in [1.82, 2.24) is 0 Å². The minimum atomic E-state index is -3.38. The molecule has 6 heteroatoms. The van der Waals surface area contributed by atoms with E-state index in [0.29, 0.717) is 19.8 Å². The number of ether oxygens (including phenoxy) is 2. The molecule has 14 heavy (non-hydrogen) atoms. The number of hydrogen-bond acceptors (Lipinski definition) is 4. The highest BCUT2D eigenvalue weighted by atomic mass is 35.7. The summed E-state index contributed by atoms with van der Waals surface area (Å²) in [5.74, 6) is 0.176. The summed E-state index contributed by atoms with van der Waals surface area (Å²) in [4.78, 5) is 0. The molecule has 2 heterocycles. The molecule has 0 bridgehead atoms.